The van der Waals surface area contributed by atoms with Crippen molar-refractivity contribution < 1.29 is 0 Å². The van der Waals surface area contributed by atoms with Gasteiger partial charge in [0.15, 0.2) is 0 Å². The molecule has 2 nitrogen and oxygen atoms in total. The van der Waals surface area contributed by atoms with Gasteiger partial charge in [-0.1, -0.05) is 18.2 Å². The standard InChI is InChI=1S/C14H16N2/c1-9-5-4-6-12(10(9)2)14-8-7-13(15)11(3)16-14/h4-8H,15H2,1-3H3. The van der Waals surface area contributed by atoms with Crippen molar-refractivity contribution in [3.8, 4) is 11.3 Å². The van der Waals surface area contributed by atoms with Gasteiger partial charge in [0.2, 0.25) is 0 Å². The fourth-order valence-electron chi connectivity index (χ4n) is 1.75. The third kappa shape index (κ3) is 1.78. The van der Waals surface area contributed by atoms with Crippen molar-refractivity contribution in [3.63, 3.8) is 0 Å². The second-order valence-electron chi connectivity index (χ2n) is 4.12. The predicted molar refractivity (Wildman–Crippen MR) is 68.3 cm³/mol. The van der Waals surface area contributed by atoms with Crippen LogP contribution in [0.3, 0.4) is 0 Å². The first-order valence-corrected chi connectivity index (χ1v) is 5.39. The molecule has 2 rings (SSSR count). The van der Waals surface area contributed by atoms with Crippen LogP contribution in [0.25, 0.3) is 11.3 Å². The highest BCUT2D eigenvalue weighted by Gasteiger charge is 2.05. The molecule has 2 N–H and O–H groups in total. The lowest BCUT2D eigenvalue weighted by Crippen LogP contribution is -1.96. The van der Waals surface area contributed by atoms with E-state index in [-0.39, 0.29) is 0 Å². The monoisotopic (exact) mass is 212 g/mol. The number of nitrogens with zero attached hydrogens (tertiary/aromatic N) is 1. The van der Waals surface area contributed by atoms with Gasteiger partial charge in [-0.3, -0.25) is 4.98 Å². The number of nitrogens with two attached hydrogens (primary N) is 1. The van der Waals surface area contributed by atoms with Gasteiger partial charge in [0.1, 0.15) is 0 Å². The Bertz CT molecular complexity index is 530. The Kier molecular flexibility index (Phi) is 2.65. The zero-order chi connectivity index (χ0) is 11.7. The second kappa shape index (κ2) is 3.97. The maximum Gasteiger partial charge on any atom is 0.0709 e. The molecule has 0 aliphatic carbocycles. The minimum Gasteiger partial charge on any atom is -0.397 e. The van der Waals surface area contributed by atoms with Gasteiger partial charge in [0.05, 0.1) is 17.1 Å². The van der Waals surface area contributed by atoms with Crippen LogP contribution in [0.1, 0.15) is 16.8 Å². The van der Waals surface area contributed by atoms with E-state index in [1.54, 1.807) is 0 Å². The molecular formula is C14H16N2. The average Bonchev–Trinajstić information content (AvgIpc) is 2.26. The van der Waals surface area contributed by atoms with Gasteiger partial charge in [0, 0.05) is 5.56 Å². The Morgan fingerprint density at radius 3 is 2.44 bits per heavy atom. The maximum atomic E-state index is 5.77. The van der Waals surface area contributed by atoms with Gasteiger partial charge in [-0.15, -0.1) is 0 Å². The highest BCUT2D eigenvalue weighted by molar-refractivity contribution is 5.66. The molecule has 0 aliphatic heterocycles. The summed E-state index contributed by atoms with van der Waals surface area (Å²) in [6.07, 6.45) is 0. The van der Waals surface area contributed by atoms with Crippen molar-refractivity contribution in [2.24, 2.45) is 0 Å². The molecule has 0 fully saturated rings. The number of anilines is 1. The first-order chi connectivity index (χ1) is 7.59. The minimum atomic E-state index is 0.744. The van der Waals surface area contributed by atoms with E-state index in [1.165, 1.54) is 16.7 Å². The number of hydrogen-bond acceptors (Lipinski definition) is 2. The molecule has 1 heterocycles. The quantitative estimate of drug-likeness (QED) is 0.788. The van der Waals surface area contributed by atoms with Gasteiger partial charge < -0.3 is 5.73 Å². The maximum absolute atomic E-state index is 5.77. The molecule has 82 valence electrons. The normalized spacial score (nSPS) is 10.4. The summed E-state index contributed by atoms with van der Waals surface area (Å²) in [5.74, 6) is 0. The van der Waals surface area contributed by atoms with Crippen molar-refractivity contribution in [1.29, 1.82) is 0 Å². The first-order valence-electron chi connectivity index (χ1n) is 5.39. The molecule has 1 aromatic heterocycles. The first kappa shape index (κ1) is 10.7. The molecule has 0 aliphatic rings. The molecule has 0 bridgehead atoms. The fraction of sp³-hybridized carbons (Fsp3) is 0.214. The van der Waals surface area contributed by atoms with E-state index in [4.69, 9.17) is 5.73 Å². The molecule has 2 heteroatoms. The molecule has 0 unspecified atom stereocenters. The van der Waals surface area contributed by atoms with Crippen LogP contribution in [-0.2, 0) is 0 Å². The molecule has 16 heavy (non-hydrogen) atoms. The van der Waals surface area contributed by atoms with Crippen LogP contribution >= 0.6 is 0 Å². The number of rotatable bonds is 1. The van der Waals surface area contributed by atoms with E-state index in [0.29, 0.717) is 0 Å². The lowest BCUT2D eigenvalue weighted by atomic mass is 10.0. The van der Waals surface area contributed by atoms with E-state index in [0.717, 1.165) is 17.1 Å². The Labute approximate surface area is 96.1 Å². The van der Waals surface area contributed by atoms with Gasteiger partial charge in [-0.2, -0.15) is 0 Å². The van der Waals surface area contributed by atoms with Crippen LogP contribution in [0.2, 0.25) is 0 Å². The largest absolute Gasteiger partial charge is 0.397 e. The summed E-state index contributed by atoms with van der Waals surface area (Å²) in [4.78, 5) is 4.52. The van der Waals surface area contributed by atoms with Crippen LogP contribution in [0.15, 0.2) is 30.3 Å². The number of pyridine rings is 1. The van der Waals surface area contributed by atoms with Gasteiger partial charge in [0.25, 0.3) is 0 Å². The number of nitrogen functional groups attached to an aromatic ring is 1. The molecule has 0 radical (unpaired) electrons. The molecule has 0 saturated heterocycles. The summed E-state index contributed by atoms with van der Waals surface area (Å²) in [5, 5.41) is 0. The Morgan fingerprint density at radius 2 is 1.75 bits per heavy atom. The number of benzene rings is 1. The summed E-state index contributed by atoms with van der Waals surface area (Å²) < 4.78 is 0. The lowest BCUT2D eigenvalue weighted by molar-refractivity contribution is 1.20. The van der Waals surface area contributed by atoms with Crippen LogP contribution in [0, 0.1) is 20.8 Å². The van der Waals surface area contributed by atoms with Crippen LogP contribution in [0.4, 0.5) is 5.69 Å². The molecule has 1 aromatic carbocycles. The summed E-state index contributed by atoms with van der Waals surface area (Å²) in [6.45, 7) is 6.17. The SMILES string of the molecule is Cc1cccc(-c2ccc(N)c(C)n2)c1C. The van der Waals surface area contributed by atoms with E-state index < -0.39 is 0 Å². The second-order valence-corrected chi connectivity index (χ2v) is 4.12. The molecule has 0 spiro atoms. The van der Waals surface area contributed by atoms with Gasteiger partial charge in [-0.25, -0.2) is 0 Å². The molecule has 2 aromatic rings. The van der Waals surface area contributed by atoms with Crippen LogP contribution in [-0.4, -0.2) is 4.98 Å². The Balaban J connectivity index is 2.59. The number of aromatic nitrogens is 1. The highest BCUT2D eigenvalue weighted by Crippen LogP contribution is 2.25. The van der Waals surface area contributed by atoms with E-state index in [2.05, 4.69) is 37.0 Å². The zero-order valence-electron chi connectivity index (χ0n) is 9.91. The molecule has 0 atom stereocenters. The topological polar surface area (TPSA) is 38.9 Å². The van der Waals surface area contributed by atoms with Crippen molar-refractivity contribution in [3.05, 3.63) is 47.2 Å². The summed E-state index contributed by atoms with van der Waals surface area (Å²) >= 11 is 0. The summed E-state index contributed by atoms with van der Waals surface area (Å²) in [7, 11) is 0. The summed E-state index contributed by atoms with van der Waals surface area (Å²) in [6, 6.07) is 10.2. The van der Waals surface area contributed by atoms with E-state index in [1.807, 2.05) is 19.1 Å². The Hall–Kier alpha value is -1.83. The van der Waals surface area contributed by atoms with Crippen LogP contribution < -0.4 is 5.73 Å². The van der Waals surface area contributed by atoms with Crippen molar-refractivity contribution in [2.75, 3.05) is 5.73 Å². The Morgan fingerprint density at radius 1 is 1.00 bits per heavy atom. The highest BCUT2D eigenvalue weighted by atomic mass is 14.7. The minimum absolute atomic E-state index is 0.744. The third-order valence-corrected chi connectivity index (χ3v) is 3.01. The van der Waals surface area contributed by atoms with Gasteiger partial charge in [-0.05, 0) is 44.0 Å². The zero-order valence-corrected chi connectivity index (χ0v) is 9.91. The van der Waals surface area contributed by atoms with E-state index >= 15 is 0 Å². The molecule has 0 saturated carbocycles. The smallest absolute Gasteiger partial charge is 0.0709 e. The lowest BCUT2D eigenvalue weighted by Gasteiger charge is -2.09. The summed E-state index contributed by atoms with van der Waals surface area (Å²) in [5.41, 5.74) is 12.1. The van der Waals surface area contributed by atoms with E-state index in [9.17, 15) is 0 Å². The van der Waals surface area contributed by atoms with Crippen molar-refractivity contribution >= 4 is 5.69 Å². The fourth-order valence-corrected chi connectivity index (χ4v) is 1.75. The molecule has 0 amide bonds. The third-order valence-electron chi connectivity index (χ3n) is 3.01. The van der Waals surface area contributed by atoms with Crippen molar-refractivity contribution in [1.82, 2.24) is 4.98 Å². The predicted octanol–water partition coefficient (Wildman–Crippen LogP) is 3.26. The molecular weight excluding hydrogens is 196 g/mol. The number of hydrogen-bond donors (Lipinski definition) is 1. The average molecular weight is 212 g/mol. The van der Waals surface area contributed by atoms with Gasteiger partial charge >= 0.3 is 0 Å². The van der Waals surface area contributed by atoms with Crippen LogP contribution in [0.5, 0.6) is 0 Å². The number of aryl methyl sites for hydroxylation is 2. The van der Waals surface area contributed by atoms with Crippen molar-refractivity contribution in [2.45, 2.75) is 20.8 Å².